The molecular weight excluding hydrogens is 451 g/mol. The van der Waals surface area contributed by atoms with E-state index in [0.29, 0.717) is 11.4 Å². The van der Waals surface area contributed by atoms with E-state index in [9.17, 15) is 17.6 Å². The van der Waals surface area contributed by atoms with E-state index in [4.69, 9.17) is 27.2 Å². The van der Waals surface area contributed by atoms with Crippen molar-refractivity contribution in [3.05, 3.63) is 59.5 Å². The number of aromatic nitrogens is 2. The van der Waals surface area contributed by atoms with Crippen LogP contribution in [-0.2, 0) is 14.8 Å². The number of carbonyl (C=O) groups excluding carboxylic acids is 1. The van der Waals surface area contributed by atoms with Crippen molar-refractivity contribution in [2.75, 3.05) is 17.2 Å². The number of primary amides is 1. The lowest BCUT2D eigenvalue weighted by Gasteiger charge is -2.11. The molecule has 1 aromatic heterocycles. The van der Waals surface area contributed by atoms with E-state index in [2.05, 4.69) is 20.6 Å². The average Bonchev–Trinajstić information content (AvgIpc) is 2.69. The molecule has 0 aliphatic heterocycles. The first-order chi connectivity index (χ1) is 14.6. The summed E-state index contributed by atoms with van der Waals surface area (Å²) in [6, 6.07) is 10.0. The van der Waals surface area contributed by atoms with Gasteiger partial charge in [-0.05, 0) is 42.5 Å². The maximum Gasteiger partial charge on any atom is 0.255 e. The van der Waals surface area contributed by atoms with Gasteiger partial charge >= 0.3 is 0 Å². The quantitative estimate of drug-likeness (QED) is 0.392. The van der Waals surface area contributed by atoms with Gasteiger partial charge in [0.2, 0.25) is 16.0 Å². The Morgan fingerprint density at radius 3 is 2.42 bits per heavy atom. The lowest BCUT2D eigenvalue weighted by molar-refractivity contribution is -0.119. The SMILES string of the molecule is NC(=O)COc1ccc(Nc2nc(Nc3ccc(S(N)(=O)=O)cc3)ncc2F)cc1Cl. The minimum Gasteiger partial charge on any atom is -0.482 e. The number of primary sulfonamides is 1. The van der Waals surface area contributed by atoms with Crippen molar-refractivity contribution >= 4 is 50.7 Å². The number of nitrogens with one attached hydrogen (secondary N) is 2. The Morgan fingerprint density at radius 1 is 1.13 bits per heavy atom. The number of anilines is 4. The summed E-state index contributed by atoms with van der Waals surface area (Å²) in [7, 11) is -3.82. The van der Waals surface area contributed by atoms with E-state index < -0.39 is 21.7 Å². The van der Waals surface area contributed by atoms with Crippen LogP contribution in [0.4, 0.5) is 27.5 Å². The van der Waals surface area contributed by atoms with E-state index in [1.54, 1.807) is 6.07 Å². The summed E-state index contributed by atoms with van der Waals surface area (Å²) >= 11 is 6.09. The Morgan fingerprint density at radius 2 is 1.81 bits per heavy atom. The molecule has 0 spiro atoms. The highest BCUT2D eigenvalue weighted by atomic mass is 35.5. The standard InChI is InChI=1S/C18H16ClFN6O4S/c19-13-7-11(3-6-15(13)30-9-16(21)27)24-17-14(20)8-23-18(26-17)25-10-1-4-12(5-2-10)31(22,28)29/h1-8H,9H2,(H2,21,27)(H2,22,28,29)(H2,23,24,25,26). The van der Waals surface area contributed by atoms with Gasteiger partial charge in [0, 0.05) is 11.4 Å². The number of carbonyl (C=O) groups is 1. The van der Waals surface area contributed by atoms with Crippen LogP contribution in [0.3, 0.4) is 0 Å². The van der Waals surface area contributed by atoms with E-state index in [-0.39, 0.29) is 34.0 Å². The third kappa shape index (κ3) is 6.01. The van der Waals surface area contributed by atoms with Crippen LogP contribution in [0.25, 0.3) is 0 Å². The van der Waals surface area contributed by atoms with Crippen LogP contribution < -0.4 is 26.2 Å². The molecule has 1 heterocycles. The number of halogens is 2. The topological polar surface area (TPSA) is 162 Å². The number of hydrogen-bond donors (Lipinski definition) is 4. The largest absolute Gasteiger partial charge is 0.482 e. The van der Waals surface area contributed by atoms with E-state index >= 15 is 0 Å². The van der Waals surface area contributed by atoms with Crippen molar-refractivity contribution in [1.29, 1.82) is 0 Å². The summed E-state index contributed by atoms with van der Waals surface area (Å²) in [5.74, 6) is -1.22. The van der Waals surface area contributed by atoms with Crippen molar-refractivity contribution in [1.82, 2.24) is 9.97 Å². The number of benzene rings is 2. The molecule has 10 nitrogen and oxygen atoms in total. The number of amides is 1. The van der Waals surface area contributed by atoms with Gasteiger partial charge in [0.1, 0.15) is 5.75 Å². The molecule has 3 rings (SSSR count). The Labute approximate surface area is 181 Å². The summed E-state index contributed by atoms with van der Waals surface area (Å²) in [6.45, 7) is -0.333. The number of nitrogens with two attached hydrogens (primary N) is 2. The molecule has 0 fully saturated rings. The number of nitrogens with zero attached hydrogens (tertiary/aromatic N) is 2. The van der Waals surface area contributed by atoms with Gasteiger partial charge < -0.3 is 21.1 Å². The first kappa shape index (κ1) is 22.2. The van der Waals surface area contributed by atoms with Crippen molar-refractivity contribution < 1.29 is 22.3 Å². The number of rotatable bonds is 8. The van der Waals surface area contributed by atoms with E-state index in [0.717, 1.165) is 6.20 Å². The molecule has 0 unspecified atom stereocenters. The number of sulfonamides is 1. The first-order valence-electron chi connectivity index (χ1n) is 8.52. The smallest absolute Gasteiger partial charge is 0.255 e. The van der Waals surface area contributed by atoms with Gasteiger partial charge in [-0.15, -0.1) is 0 Å². The minimum absolute atomic E-state index is 0.0550. The molecule has 2 aromatic carbocycles. The lowest BCUT2D eigenvalue weighted by Crippen LogP contribution is -2.20. The molecule has 31 heavy (non-hydrogen) atoms. The van der Waals surface area contributed by atoms with Crippen LogP contribution in [0, 0.1) is 5.82 Å². The molecule has 0 saturated carbocycles. The highest BCUT2D eigenvalue weighted by molar-refractivity contribution is 7.89. The molecule has 1 amide bonds. The fourth-order valence-electron chi connectivity index (χ4n) is 2.35. The van der Waals surface area contributed by atoms with Crippen LogP contribution in [0.2, 0.25) is 5.02 Å². The predicted molar refractivity (Wildman–Crippen MR) is 113 cm³/mol. The summed E-state index contributed by atoms with van der Waals surface area (Å²) in [6.07, 6.45) is 0.961. The van der Waals surface area contributed by atoms with Gasteiger partial charge in [0.15, 0.2) is 18.2 Å². The second-order valence-corrected chi connectivity index (χ2v) is 8.08. The van der Waals surface area contributed by atoms with Crippen LogP contribution in [0.1, 0.15) is 0 Å². The second kappa shape index (κ2) is 9.12. The summed E-state index contributed by atoms with van der Waals surface area (Å²) in [4.78, 5) is 18.7. The molecule has 0 atom stereocenters. The fraction of sp³-hybridized carbons (Fsp3) is 0.0556. The van der Waals surface area contributed by atoms with Gasteiger partial charge in [0.05, 0.1) is 16.1 Å². The average molecular weight is 467 g/mol. The molecule has 13 heteroatoms. The maximum atomic E-state index is 14.2. The lowest BCUT2D eigenvalue weighted by atomic mass is 10.3. The van der Waals surface area contributed by atoms with Crippen LogP contribution in [0.5, 0.6) is 5.75 Å². The summed E-state index contributed by atoms with van der Waals surface area (Å²) in [5, 5.41) is 10.8. The molecule has 3 aromatic rings. The molecule has 0 aliphatic rings. The summed E-state index contributed by atoms with van der Waals surface area (Å²) < 4.78 is 41.9. The molecule has 0 saturated heterocycles. The third-order valence-corrected chi connectivity index (χ3v) is 4.97. The summed E-state index contributed by atoms with van der Waals surface area (Å²) in [5.41, 5.74) is 5.88. The Bertz CT molecular complexity index is 1220. The third-order valence-electron chi connectivity index (χ3n) is 3.75. The van der Waals surface area contributed by atoms with Crippen molar-refractivity contribution in [3.8, 4) is 5.75 Å². The van der Waals surface area contributed by atoms with E-state index in [1.807, 2.05) is 0 Å². The number of ether oxygens (including phenoxy) is 1. The van der Waals surface area contributed by atoms with Crippen LogP contribution >= 0.6 is 11.6 Å². The van der Waals surface area contributed by atoms with Crippen LogP contribution in [-0.4, -0.2) is 30.9 Å². The minimum atomic E-state index is -3.82. The number of hydrogen-bond acceptors (Lipinski definition) is 8. The fourth-order valence-corrected chi connectivity index (χ4v) is 3.10. The molecule has 6 N–H and O–H groups in total. The Kier molecular flexibility index (Phi) is 6.53. The van der Waals surface area contributed by atoms with Gasteiger partial charge in [-0.2, -0.15) is 4.98 Å². The van der Waals surface area contributed by atoms with Gasteiger partial charge in [-0.1, -0.05) is 11.6 Å². The zero-order valence-corrected chi connectivity index (χ0v) is 17.2. The second-order valence-electron chi connectivity index (χ2n) is 6.11. The first-order valence-corrected chi connectivity index (χ1v) is 10.4. The van der Waals surface area contributed by atoms with Crippen molar-refractivity contribution in [2.45, 2.75) is 4.90 Å². The van der Waals surface area contributed by atoms with E-state index in [1.165, 1.54) is 36.4 Å². The van der Waals surface area contributed by atoms with Gasteiger partial charge in [-0.25, -0.2) is 22.9 Å². The van der Waals surface area contributed by atoms with Crippen LogP contribution in [0.15, 0.2) is 53.6 Å². The highest BCUT2D eigenvalue weighted by Crippen LogP contribution is 2.29. The van der Waals surface area contributed by atoms with Crippen molar-refractivity contribution in [3.63, 3.8) is 0 Å². The predicted octanol–water partition coefficient (Wildman–Crippen LogP) is 2.27. The maximum absolute atomic E-state index is 14.2. The Hall–Kier alpha value is -3.48. The molecule has 0 bridgehead atoms. The van der Waals surface area contributed by atoms with Crippen molar-refractivity contribution in [2.24, 2.45) is 10.9 Å². The zero-order chi connectivity index (χ0) is 22.6. The molecule has 0 aliphatic carbocycles. The Balaban J connectivity index is 1.75. The monoisotopic (exact) mass is 466 g/mol. The molecule has 0 radical (unpaired) electrons. The molecular formula is C18H16ClFN6O4S. The van der Waals surface area contributed by atoms with Gasteiger partial charge in [-0.3, -0.25) is 4.79 Å². The molecule has 162 valence electrons. The zero-order valence-electron chi connectivity index (χ0n) is 15.7. The normalized spacial score (nSPS) is 11.1. The highest BCUT2D eigenvalue weighted by Gasteiger charge is 2.11. The van der Waals surface area contributed by atoms with Gasteiger partial charge in [0.25, 0.3) is 5.91 Å².